The molecule has 2 rings (SSSR count). The fourth-order valence-corrected chi connectivity index (χ4v) is 2.61. The molecule has 0 radical (unpaired) electrons. The van der Waals surface area contributed by atoms with Crippen LogP contribution in [0.15, 0.2) is 36.4 Å². The van der Waals surface area contributed by atoms with E-state index in [1.807, 2.05) is 37.3 Å². The highest BCUT2D eigenvalue weighted by Gasteiger charge is 2.17. The summed E-state index contributed by atoms with van der Waals surface area (Å²) in [5.74, 6) is 1.70. The molecule has 2 aromatic carbocycles. The molecule has 2 aromatic rings. The van der Waals surface area contributed by atoms with Gasteiger partial charge in [0.15, 0.2) is 0 Å². The summed E-state index contributed by atoms with van der Waals surface area (Å²) in [5, 5.41) is 0. The zero-order valence-corrected chi connectivity index (χ0v) is 13.1. The molecule has 1 unspecified atom stereocenters. The Bertz CT molecular complexity index is 605. The summed E-state index contributed by atoms with van der Waals surface area (Å²) in [4.78, 5) is 0. The molecule has 0 saturated carbocycles. The van der Waals surface area contributed by atoms with E-state index in [2.05, 4.69) is 19.9 Å². The van der Waals surface area contributed by atoms with Crippen LogP contribution >= 0.6 is 0 Å². The average molecular weight is 285 g/mol. The zero-order valence-electron chi connectivity index (χ0n) is 13.1. The van der Waals surface area contributed by atoms with Crippen LogP contribution in [0.1, 0.15) is 35.2 Å². The predicted molar refractivity (Wildman–Crippen MR) is 86.1 cm³/mol. The van der Waals surface area contributed by atoms with E-state index in [-0.39, 0.29) is 6.04 Å². The van der Waals surface area contributed by atoms with Crippen LogP contribution in [0.4, 0.5) is 0 Å². The predicted octanol–water partition coefficient (Wildman–Crippen LogP) is 3.76. The molecule has 0 spiro atoms. The van der Waals surface area contributed by atoms with Gasteiger partial charge < -0.3 is 15.2 Å². The average Bonchev–Trinajstić information content (AvgIpc) is 2.47. The molecule has 21 heavy (non-hydrogen) atoms. The Labute approximate surface area is 126 Å². The van der Waals surface area contributed by atoms with Gasteiger partial charge in [0, 0.05) is 5.56 Å². The molecule has 0 aliphatic heterocycles. The molecule has 112 valence electrons. The van der Waals surface area contributed by atoms with Crippen LogP contribution in [0.25, 0.3) is 0 Å². The molecular weight excluding hydrogens is 262 g/mol. The van der Waals surface area contributed by atoms with E-state index in [9.17, 15) is 0 Å². The van der Waals surface area contributed by atoms with Crippen molar-refractivity contribution in [3.63, 3.8) is 0 Å². The third kappa shape index (κ3) is 3.37. The van der Waals surface area contributed by atoms with Crippen molar-refractivity contribution in [1.82, 2.24) is 0 Å². The van der Waals surface area contributed by atoms with Crippen molar-refractivity contribution in [2.45, 2.75) is 26.8 Å². The van der Waals surface area contributed by atoms with Crippen LogP contribution in [-0.4, -0.2) is 13.7 Å². The van der Waals surface area contributed by atoms with Gasteiger partial charge in [-0.2, -0.15) is 0 Å². The number of nitrogens with two attached hydrogens (primary N) is 1. The maximum atomic E-state index is 6.45. The van der Waals surface area contributed by atoms with Gasteiger partial charge in [-0.3, -0.25) is 0 Å². The second-order valence-electron chi connectivity index (χ2n) is 5.18. The van der Waals surface area contributed by atoms with Crippen LogP contribution in [0.2, 0.25) is 0 Å². The minimum atomic E-state index is -0.212. The molecule has 0 aromatic heterocycles. The Kier molecular flexibility index (Phi) is 4.86. The summed E-state index contributed by atoms with van der Waals surface area (Å²) < 4.78 is 11.0. The fourth-order valence-electron chi connectivity index (χ4n) is 2.61. The van der Waals surface area contributed by atoms with Crippen molar-refractivity contribution in [1.29, 1.82) is 0 Å². The Balaban J connectivity index is 2.37. The van der Waals surface area contributed by atoms with Crippen LogP contribution in [0.3, 0.4) is 0 Å². The molecule has 0 aliphatic carbocycles. The van der Waals surface area contributed by atoms with E-state index >= 15 is 0 Å². The highest BCUT2D eigenvalue weighted by atomic mass is 16.5. The third-order valence-electron chi connectivity index (χ3n) is 3.57. The van der Waals surface area contributed by atoms with Gasteiger partial charge in [0.2, 0.25) is 0 Å². The van der Waals surface area contributed by atoms with E-state index < -0.39 is 0 Å². The quantitative estimate of drug-likeness (QED) is 0.909. The van der Waals surface area contributed by atoms with Crippen LogP contribution in [0.5, 0.6) is 11.5 Å². The second-order valence-corrected chi connectivity index (χ2v) is 5.18. The smallest absolute Gasteiger partial charge is 0.124 e. The van der Waals surface area contributed by atoms with Crippen molar-refractivity contribution in [2.75, 3.05) is 13.7 Å². The minimum Gasteiger partial charge on any atom is -0.496 e. The van der Waals surface area contributed by atoms with E-state index in [4.69, 9.17) is 15.2 Å². The van der Waals surface area contributed by atoms with Gasteiger partial charge in [0.05, 0.1) is 19.8 Å². The normalized spacial score (nSPS) is 12.0. The number of benzene rings is 2. The first-order valence-electron chi connectivity index (χ1n) is 7.20. The van der Waals surface area contributed by atoms with Gasteiger partial charge in [0.1, 0.15) is 11.5 Å². The Hall–Kier alpha value is -2.00. The third-order valence-corrected chi connectivity index (χ3v) is 3.57. The maximum absolute atomic E-state index is 6.45. The highest BCUT2D eigenvalue weighted by molar-refractivity contribution is 5.48. The van der Waals surface area contributed by atoms with Crippen molar-refractivity contribution in [3.05, 3.63) is 58.7 Å². The SMILES string of the molecule is CCOc1ccc(C(N)c2c(C)cc(C)cc2OC)cc1. The summed E-state index contributed by atoms with van der Waals surface area (Å²) >= 11 is 0. The topological polar surface area (TPSA) is 44.5 Å². The first-order chi connectivity index (χ1) is 10.1. The molecule has 2 N–H and O–H groups in total. The number of ether oxygens (including phenoxy) is 2. The lowest BCUT2D eigenvalue weighted by Crippen LogP contribution is -2.15. The molecule has 3 nitrogen and oxygen atoms in total. The lowest BCUT2D eigenvalue weighted by molar-refractivity contribution is 0.340. The fraction of sp³-hybridized carbons (Fsp3) is 0.333. The molecule has 0 amide bonds. The van der Waals surface area contributed by atoms with Crippen molar-refractivity contribution >= 4 is 0 Å². The molecule has 0 bridgehead atoms. The summed E-state index contributed by atoms with van der Waals surface area (Å²) in [6.07, 6.45) is 0. The zero-order chi connectivity index (χ0) is 15.4. The number of hydrogen-bond acceptors (Lipinski definition) is 3. The van der Waals surface area contributed by atoms with Crippen molar-refractivity contribution in [2.24, 2.45) is 5.73 Å². The van der Waals surface area contributed by atoms with Crippen molar-refractivity contribution in [3.8, 4) is 11.5 Å². The van der Waals surface area contributed by atoms with Gasteiger partial charge in [-0.15, -0.1) is 0 Å². The number of rotatable bonds is 5. The van der Waals surface area contributed by atoms with Gasteiger partial charge >= 0.3 is 0 Å². The largest absolute Gasteiger partial charge is 0.496 e. The first-order valence-corrected chi connectivity index (χ1v) is 7.20. The Morgan fingerprint density at radius 1 is 1.10 bits per heavy atom. The number of aryl methyl sites for hydroxylation is 2. The Morgan fingerprint density at radius 3 is 2.33 bits per heavy atom. The number of hydrogen-bond donors (Lipinski definition) is 1. The van der Waals surface area contributed by atoms with Crippen LogP contribution in [0, 0.1) is 13.8 Å². The summed E-state index contributed by atoms with van der Waals surface area (Å²) in [6, 6.07) is 11.9. The summed E-state index contributed by atoms with van der Waals surface area (Å²) in [7, 11) is 1.68. The summed E-state index contributed by atoms with van der Waals surface area (Å²) in [6.45, 7) is 6.76. The van der Waals surface area contributed by atoms with Crippen LogP contribution in [-0.2, 0) is 0 Å². The van der Waals surface area contributed by atoms with E-state index in [0.717, 1.165) is 28.2 Å². The minimum absolute atomic E-state index is 0.212. The highest BCUT2D eigenvalue weighted by Crippen LogP contribution is 2.32. The molecule has 0 heterocycles. The summed E-state index contributed by atoms with van der Waals surface area (Å²) in [5.41, 5.74) is 10.8. The van der Waals surface area contributed by atoms with Gasteiger partial charge in [-0.25, -0.2) is 0 Å². The first kappa shape index (κ1) is 15.4. The van der Waals surface area contributed by atoms with E-state index in [1.54, 1.807) is 7.11 Å². The van der Waals surface area contributed by atoms with Crippen LogP contribution < -0.4 is 15.2 Å². The molecule has 0 aliphatic rings. The standard InChI is InChI=1S/C18H23NO2/c1-5-21-15-8-6-14(7-9-15)18(19)17-13(3)10-12(2)11-16(17)20-4/h6-11,18H,5,19H2,1-4H3. The monoisotopic (exact) mass is 285 g/mol. The Morgan fingerprint density at radius 2 is 1.76 bits per heavy atom. The molecule has 1 atom stereocenters. The van der Waals surface area contributed by atoms with Gasteiger partial charge in [-0.1, -0.05) is 18.2 Å². The number of methoxy groups -OCH3 is 1. The van der Waals surface area contributed by atoms with Gasteiger partial charge in [0.25, 0.3) is 0 Å². The molecular formula is C18H23NO2. The maximum Gasteiger partial charge on any atom is 0.124 e. The molecule has 3 heteroatoms. The van der Waals surface area contributed by atoms with E-state index in [1.165, 1.54) is 5.56 Å². The molecule has 0 fully saturated rings. The van der Waals surface area contributed by atoms with E-state index in [0.29, 0.717) is 6.61 Å². The van der Waals surface area contributed by atoms with Gasteiger partial charge in [-0.05, 0) is 55.7 Å². The second kappa shape index (κ2) is 6.64. The van der Waals surface area contributed by atoms with Crippen molar-refractivity contribution < 1.29 is 9.47 Å². The lowest BCUT2D eigenvalue weighted by atomic mass is 9.93. The molecule has 0 saturated heterocycles. The lowest BCUT2D eigenvalue weighted by Gasteiger charge is -2.20.